The van der Waals surface area contributed by atoms with Crippen molar-refractivity contribution in [3.05, 3.63) is 204 Å². The molecule has 2 heterocycles. The molecule has 1 unspecified atom stereocenters. The smallest absolute Gasteiger partial charge is 0.177 e. The summed E-state index contributed by atoms with van der Waals surface area (Å²) in [7, 11) is 0. The van der Waals surface area contributed by atoms with E-state index in [4.69, 9.17) is 24.4 Å². The van der Waals surface area contributed by atoms with E-state index < -0.39 is 5.41 Å². The molecule has 5 heteroatoms. The summed E-state index contributed by atoms with van der Waals surface area (Å²) >= 11 is 0. The lowest BCUT2D eigenvalue weighted by molar-refractivity contribution is 0.360. The SMILES string of the molecule is C1=CCCC(C2(c3ccccc3)c3ccccc3-c3cc4c(cc32)Oc2c(cccc2-c2cccc(-c3nc(C5=CCCC=C5)nc(-c5ccccc5)n3)c2)O4)=C1. The molecule has 7 aromatic rings. The van der Waals surface area contributed by atoms with E-state index in [1.54, 1.807) is 0 Å². The number of para-hydroxylation sites is 1. The predicted octanol–water partition coefficient (Wildman–Crippen LogP) is 13.1. The van der Waals surface area contributed by atoms with Crippen molar-refractivity contribution in [1.29, 1.82) is 0 Å². The van der Waals surface area contributed by atoms with E-state index in [0.29, 0.717) is 40.5 Å². The minimum absolute atomic E-state index is 0.462. The van der Waals surface area contributed by atoms with Gasteiger partial charge in [-0.2, -0.15) is 0 Å². The van der Waals surface area contributed by atoms with Gasteiger partial charge in [-0.25, -0.2) is 15.0 Å². The quantitative estimate of drug-likeness (QED) is 0.170. The fraction of sp³-hybridized carbons (Fsp3) is 0.0962. The van der Waals surface area contributed by atoms with Crippen LogP contribution >= 0.6 is 0 Å². The monoisotopic (exact) mass is 735 g/mol. The van der Waals surface area contributed by atoms with Gasteiger partial charge in [-0.05, 0) is 83.3 Å². The number of ether oxygens (including phenoxy) is 2. The third-order valence-corrected chi connectivity index (χ3v) is 11.6. The van der Waals surface area contributed by atoms with E-state index >= 15 is 0 Å². The van der Waals surface area contributed by atoms with E-state index in [1.807, 2.05) is 42.5 Å². The minimum Gasteiger partial charge on any atom is -0.449 e. The first-order chi connectivity index (χ1) is 28.2. The number of rotatable bonds is 6. The highest BCUT2D eigenvalue weighted by atomic mass is 16.6. The second kappa shape index (κ2) is 13.6. The van der Waals surface area contributed by atoms with Gasteiger partial charge in [-0.3, -0.25) is 0 Å². The molecule has 1 aromatic heterocycles. The standard InChI is InChI=1S/C52H37N3O2/c1-5-17-34(18-6-1)49-53-50(35-19-7-2-8-20-35)55-51(54-49)37-22-15-21-36(31-37)40-28-16-30-45-48(40)57-47-33-44-42(32-46(47)56-45)41-27-13-14-29-43(41)52(44,38-23-9-3-10-24-38)39-25-11-4-12-26-39/h1,3-7,9-11,13-25,27-33H,2,8,12,26H2. The van der Waals surface area contributed by atoms with E-state index in [9.17, 15) is 0 Å². The van der Waals surface area contributed by atoms with Gasteiger partial charge in [0.15, 0.2) is 40.5 Å². The van der Waals surface area contributed by atoms with Crippen molar-refractivity contribution in [1.82, 2.24) is 15.0 Å². The lowest BCUT2D eigenvalue weighted by atomic mass is 9.65. The van der Waals surface area contributed by atoms with Crippen LogP contribution in [0.5, 0.6) is 23.0 Å². The van der Waals surface area contributed by atoms with Gasteiger partial charge >= 0.3 is 0 Å². The molecule has 0 saturated heterocycles. The molecule has 0 N–H and O–H groups in total. The van der Waals surface area contributed by atoms with Crippen LogP contribution in [0.2, 0.25) is 0 Å². The molecule has 272 valence electrons. The summed E-state index contributed by atoms with van der Waals surface area (Å²) < 4.78 is 13.8. The molecule has 6 aromatic carbocycles. The summed E-state index contributed by atoms with van der Waals surface area (Å²) in [6.07, 6.45) is 17.3. The van der Waals surface area contributed by atoms with E-state index in [1.165, 1.54) is 33.4 Å². The Morgan fingerprint density at radius 1 is 0.491 bits per heavy atom. The highest BCUT2D eigenvalue weighted by molar-refractivity contribution is 5.89. The maximum atomic E-state index is 7.01. The molecule has 5 nitrogen and oxygen atoms in total. The number of hydrogen-bond acceptors (Lipinski definition) is 5. The maximum absolute atomic E-state index is 7.01. The number of allylic oxidation sites excluding steroid dienone is 8. The lowest BCUT2D eigenvalue weighted by Crippen LogP contribution is -2.30. The van der Waals surface area contributed by atoms with Crippen molar-refractivity contribution in [2.75, 3.05) is 0 Å². The maximum Gasteiger partial charge on any atom is 0.177 e. The lowest BCUT2D eigenvalue weighted by Gasteiger charge is -2.37. The Morgan fingerprint density at radius 2 is 1.21 bits per heavy atom. The second-order valence-electron chi connectivity index (χ2n) is 14.9. The number of benzene rings is 6. The molecular formula is C52H37N3O2. The Bertz CT molecular complexity index is 2850. The summed E-state index contributed by atoms with van der Waals surface area (Å²) in [5.74, 6) is 4.71. The van der Waals surface area contributed by atoms with Crippen LogP contribution in [-0.2, 0) is 5.41 Å². The van der Waals surface area contributed by atoms with Crippen molar-refractivity contribution >= 4 is 5.57 Å². The van der Waals surface area contributed by atoms with E-state index in [0.717, 1.165) is 53.5 Å². The summed E-state index contributed by atoms with van der Waals surface area (Å²) in [5.41, 5.74) is 11.8. The van der Waals surface area contributed by atoms with Crippen LogP contribution in [0, 0.1) is 0 Å². The number of fused-ring (bicyclic) bond motifs is 5. The van der Waals surface area contributed by atoms with Crippen molar-refractivity contribution in [3.8, 4) is 68.0 Å². The molecular weight excluding hydrogens is 699 g/mol. The van der Waals surface area contributed by atoms with E-state index in [-0.39, 0.29) is 0 Å². The van der Waals surface area contributed by atoms with Gasteiger partial charge in [0, 0.05) is 22.3 Å². The molecule has 11 rings (SSSR count). The summed E-state index contributed by atoms with van der Waals surface area (Å²) in [5, 5.41) is 0. The summed E-state index contributed by atoms with van der Waals surface area (Å²) in [6.45, 7) is 0. The molecule has 0 saturated carbocycles. The highest BCUT2D eigenvalue weighted by Gasteiger charge is 2.48. The molecule has 1 atom stereocenters. The van der Waals surface area contributed by atoms with Crippen molar-refractivity contribution in [2.45, 2.75) is 31.1 Å². The van der Waals surface area contributed by atoms with Crippen molar-refractivity contribution in [3.63, 3.8) is 0 Å². The first kappa shape index (κ1) is 33.2. The minimum atomic E-state index is -0.462. The predicted molar refractivity (Wildman–Crippen MR) is 227 cm³/mol. The molecule has 0 radical (unpaired) electrons. The fourth-order valence-corrected chi connectivity index (χ4v) is 9.00. The summed E-state index contributed by atoms with van der Waals surface area (Å²) in [4.78, 5) is 15.0. The first-order valence-electron chi connectivity index (χ1n) is 19.7. The topological polar surface area (TPSA) is 57.1 Å². The van der Waals surface area contributed by atoms with Crippen LogP contribution in [0.1, 0.15) is 48.2 Å². The molecule has 3 aliphatic carbocycles. The Labute approximate surface area is 332 Å². The van der Waals surface area contributed by atoms with Gasteiger partial charge in [0.1, 0.15) is 0 Å². The third kappa shape index (κ3) is 5.49. The van der Waals surface area contributed by atoms with Gasteiger partial charge < -0.3 is 9.47 Å². The highest BCUT2D eigenvalue weighted by Crippen LogP contribution is 2.61. The van der Waals surface area contributed by atoms with Crippen LogP contribution in [-0.4, -0.2) is 15.0 Å². The molecule has 1 aliphatic heterocycles. The van der Waals surface area contributed by atoms with Crippen LogP contribution in [0.3, 0.4) is 0 Å². The van der Waals surface area contributed by atoms with Crippen LogP contribution in [0.15, 0.2) is 182 Å². The summed E-state index contributed by atoms with van der Waals surface area (Å²) in [6, 6.07) is 48.7. The Balaban J connectivity index is 1.03. The first-order valence-corrected chi connectivity index (χ1v) is 19.7. The average Bonchev–Trinajstić information content (AvgIpc) is 3.58. The molecule has 4 aliphatic rings. The third-order valence-electron chi connectivity index (χ3n) is 11.6. The number of aromatic nitrogens is 3. The van der Waals surface area contributed by atoms with Crippen LogP contribution in [0.25, 0.3) is 50.6 Å². The van der Waals surface area contributed by atoms with Gasteiger partial charge in [0.25, 0.3) is 0 Å². The molecule has 0 bridgehead atoms. The Morgan fingerprint density at radius 3 is 2.04 bits per heavy atom. The normalized spacial score (nSPS) is 17.3. The van der Waals surface area contributed by atoms with Gasteiger partial charge in [0.2, 0.25) is 0 Å². The fourth-order valence-electron chi connectivity index (χ4n) is 9.00. The number of nitrogens with zero attached hydrogens (tertiary/aromatic N) is 3. The van der Waals surface area contributed by atoms with Gasteiger partial charge in [-0.15, -0.1) is 0 Å². The van der Waals surface area contributed by atoms with E-state index in [2.05, 4.69) is 134 Å². The zero-order valence-corrected chi connectivity index (χ0v) is 31.2. The largest absolute Gasteiger partial charge is 0.449 e. The second-order valence-corrected chi connectivity index (χ2v) is 14.9. The molecule has 57 heavy (non-hydrogen) atoms. The Hall–Kier alpha value is -7.11. The van der Waals surface area contributed by atoms with Crippen molar-refractivity contribution in [2.24, 2.45) is 0 Å². The van der Waals surface area contributed by atoms with Gasteiger partial charge in [-0.1, -0.05) is 157 Å². The average molecular weight is 736 g/mol. The molecule has 0 spiro atoms. The van der Waals surface area contributed by atoms with Crippen molar-refractivity contribution < 1.29 is 9.47 Å². The van der Waals surface area contributed by atoms with Crippen LogP contribution < -0.4 is 9.47 Å². The zero-order chi connectivity index (χ0) is 37.8. The molecule has 0 fully saturated rings. The van der Waals surface area contributed by atoms with Crippen LogP contribution in [0.4, 0.5) is 0 Å². The number of hydrogen-bond donors (Lipinski definition) is 0. The molecule has 0 amide bonds. The van der Waals surface area contributed by atoms with Gasteiger partial charge in [0.05, 0.1) is 5.41 Å². The zero-order valence-electron chi connectivity index (χ0n) is 31.2. The Kier molecular flexibility index (Phi) is 7.92.